The second-order valence-electron chi connectivity index (χ2n) is 23.6. The molecule has 0 amide bonds. The Morgan fingerprint density at radius 3 is 1.03 bits per heavy atom. The Kier molecular flexibility index (Phi) is 11.4. The van der Waals surface area contributed by atoms with Gasteiger partial charge in [0.25, 0.3) is 0 Å². The summed E-state index contributed by atoms with van der Waals surface area (Å²) >= 11 is 0. The van der Waals surface area contributed by atoms with Gasteiger partial charge in [-0.25, -0.2) is 0 Å². The summed E-state index contributed by atoms with van der Waals surface area (Å²) < 4.78 is 55.4. The molecule has 0 N–H and O–H groups in total. The first kappa shape index (κ1) is 47.9. The minimum Gasteiger partial charge on any atom is -0.456 e. The molecule has 2 heteroatoms. The number of furan rings is 2. The Morgan fingerprint density at radius 1 is 0.185 bits per heavy atom. The van der Waals surface area contributed by atoms with Crippen molar-refractivity contribution in [3.63, 3.8) is 0 Å². The summed E-state index contributed by atoms with van der Waals surface area (Å²) in [5.41, 5.74) is 18.4. The normalized spacial score (nSPS) is 12.5. The summed E-state index contributed by atoms with van der Waals surface area (Å²) in [5, 5.41) is 17.7. The van der Waals surface area contributed by atoms with Gasteiger partial charge in [0.2, 0.25) is 0 Å². The van der Waals surface area contributed by atoms with Crippen molar-refractivity contribution in [2.24, 2.45) is 0 Å². The van der Waals surface area contributed by atoms with E-state index in [9.17, 15) is 0 Å². The van der Waals surface area contributed by atoms with Crippen LogP contribution in [0.2, 0.25) is 0 Å². The quantitative estimate of drug-likeness (QED) is 0.149. The minimum atomic E-state index is -0.398. The SMILES string of the molecule is [2H]c1c([2H])c([2H])c(-c2c3ccccc3c(-c3ccc(-c4ccc5oc6ccccc6c5c4)c4ccccc34)c3ccccc23)c([2H])c1[2H].c1ccc(-c2c3ccccc3c(-c3ccc(-c4cc(-c5ccccc5)c5oc6ccccc6c5c4)c4ccccc34)c3ccccc23)cc1. The molecule has 2 nitrogen and oxygen atoms in total. The van der Waals surface area contributed by atoms with Crippen molar-refractivity contribution in [3.05, 3.63) is 340 Å². The van der Waals surface area contributed by atoms with Crippen molar-refractivity contribution in [1.82, 2.24) is 0 Å². The van der Waals surface area contributed by atoms with E-state index in [1.54, 1.807) is 0 Å². The van der Waals surface area contributed by atoms with E-state index in [1.165, 1.54) is 65.7 Å². The molecule has 0 radical (unpaired) electrons. The third-order valence-electron chi connectivity index (χ3n) is 18.6. The first-order valence-corrected chi connectivity index (χ1v) is 31.2. The fourth-order valence-corrected chi connectivity index (χ4v) is 14.6. The predicted molar refractivity (Wildman–Crippen MR) is 391 cm³/mol. The van der Waals surface area contributed by atoms with Crippen LogP contribution in [-0.2, 0) is 0 Å². The fourth-order valence-electron chi connectivity index (χ4n) is 14.6. The molecular formula is C90H56O2. The Labute approximate surface area is 538 Å². The largest absolute Gasteiger partial charge is 0.456 e. The summed E-state index contributed by atoms with van der Waals surface area (Å²) in [5.74, 6) is 0. The zero-order valence-corrected chi connectivity index (χ0v) is 49.8. The molecule has 19 rings (SSSR count). The first-order chi connectivity index (χ1) is 47.8. The lowest BCUT2D eigenvalue weighted by Crippen LogP contribution is -1.92. The lowest BCUT2D eigenvalue weighted by molar-refractivity contribution is 0.669. The molecule has 2 heterocycles. The molecule has 0 aliphatic carbocycles. The second-order valence-corrected chi connectivity index (χ2v) is 23.6. The zero-order valence-electron chi connectivity index (χ0n) is 54.8. The van der Waals surface area contributed by atoms with Crippen LogP contribution < -0.4 is 0 Å². The van der Waals surface area contributed by atoms with Crippen LogP contribution in [0.1, 0.15) is 6.85 Å². The van der Waals surface area contributed by atoms with Crippen LogP contribution in [0.4, 0.5) is 0 Å². The van der Waals surface area contributed by atoms with E-state index in [-0.39, 0.29) is 29.7 Å². The highest BCUT2D eigenvalue weighted by atomic mass is 16.3. The van der Waals surface area contributed by atoms with Crippen molar-refractivity contribution in [3.8, 4) is 77.9 Å². The Morgan fingerprint density at radius 2 is 0.533 bits per heavy atom. The van der Waals surface area contributed by atoms with Crippen molar-refractivity contribution < 1.29 is 15.7 Å². The summed E-state index contributed by atoms with van der Waals surface area (Å²) in [6, 6.07) is 108. The highest BCUT2D eigenvalue weighted by molar-refractivity contribution is 6.26. The molecule has 19 aromatic rings. The predicted octanol–water partition coefficient (Wildman–Crippen LogP) is 25.8. The monoisotopic (exact) mass is 1170 g/mol. The molecule has 0 fully saturated rings. The molecule has 0 bridgehead atoms. The standard InChI is InChI=1S/C48H30O.C42H26O/c1-3-15-31(16-4-1)43-29-33(30-44-37-21-13-14-26-45(37)49-48(43)44)34-27-28-42(36-20-8-7-19-35(34)36)47-40-24-11-9-22-38(40)46(32-17-5-2-6-18-32)39-23-10-12-25-41(39)47;1-2-12-27(13-3-1)41-33-17-6-8-19-35(33)42(36-20-9-7-18-34(36)41)37-24-23-29(30-14-4-5-15-31(30)37)28-22-25-40-38(26-28)32-16-10-11-21-39(32)43-40/h1-30H;1-26H/i;1D,2D,3D,12D,13D. The van der Waals surface area contributed by atoms with E-state index < -0.39 is 6.04 Å². The maximum Gasteiger partial charge on any atom is 0.143 e. The van der Waals surface area contributed by atoms with Gasteiger partial charge in [0.1, 0.15) is 22.3 Å². The molecule has 0 unspecified atom stereocenters. The maximum absolute atomic E-state index is 8.86. The maximum atomic E-state index is 8.86. The van der Waals surface area contributed by atoms with Gasteiger partial charge in [0.15, 0.2) is 0 Å². The molecule has 0 aliphatic heterocycles. The van der Waals surface area contributed by atoms with Gasteiger partial charge in [0, 0.05) is 27.1 Å². The lowest BCUT2D eigenvalue weighted by Gasteiger charge is -2.20. The molecule has 0 saturated heterocycles. The third-order valence-corrected chi connectivity index (χ3v) is 18.6. The minimum absolute atomic E-state index is 0.207. The van der Waals surface area contributed by atoms with Gasteiger partial charge in [-0.15, -0.1) is 0 Å². The van der Waals surface area contributed by atoms with Gasteiger partial charge >= 0.3 is 0 Å². The summed E-state index contributed by atoms with van der Waals surface area (Å²) in [4.78, 5) is 0. The molecule has 17 aromatic carbocycles. The molecule has 0 aliphatic rings. The summed E-state index contributed by atoms with van der Waals surface area (Å²) in [6.45, 7) is 0. The number of hydrogen-bond acceptors (Lipinski definition) is 2. The van der Waals surface area contributed by atoms with Gasteiger partial charge in [-0.2, -0.15) is 0 Å². The number of fused-ring (bicyclic) bond motifs is 12. The second kappa shape index (κ2) is 21.9. The molecule has 0 atom stereocenters. The average Bonchev–Trinajstić information content (AvgIpc) is 1.44. The Hall–Kier alpha value is -12.1. The molecule has 2 aromatic heterocycles. The number of benzene rings is 17. The molecule has 92 heavy (non-hydrogen) atoms. The highest BCUT2D eigenvalue weighted by Gasteiger charge is 2.23. The van der Waals surface area contributed by atoms with Gasteiger partial charge in [0.05, 0.1) is 6.85 Å². The Balaban J connectivity index is 0.000000141. The van der Waals surface area contributed by atoms with E-state index in [4.69, 9.17) is 15.7 Å². The van der Waals surface area contributed by atoms with Crippen LogP contribution in [-0.4, -0.2) is 0 Å². The van der Waals surface area contributed by atoms with Gasteiger partial charge < -0.3 is 8.83 Å². The number of rotatable bonds is 7. The lowest BCUT2D eigenvalue weighted by atomic mass is 9.83. The average molecular weight is 1170 g/mol. The third kappa shape index (κ3) is 8.64. The van der Waals surface area contributed by atoms with Crippen LogP contribution in [0, 0.1) is 0 Å². The van der Waals surface area contributed by atoms with E-state index in [0.29, 0.717) is 5.56 Å². The number of para-hydroxylation sites is 2. The summed E-state index contributed by atoms with van der Waals surface area (Å²) in [7, 11) is 0. The topological polar surface area (TPSA) is 26.3 Å². The van der Waals surface area contributed by atoms with Crippen molar-refractivity contribution in [1.29, 1.82) is 0 Å². The van der Waals surface area contributed by atoms with Crippen molar-refractivity contribution in [2.75, 3.05) is 0 Å². The van der Waals surface area contributed by atoms with Crippen LogP contribution in [0.5, 0.6) is 0 Å². The van der Waals surface area contributed by atoms with Gasteiger partial charge in [-0.05, 0) is 173 Å². The molecule has 0 spiro atoms. The zero-order chi connectivity index (χ0) is 65.0. The van der Waals surface area contributed by atoms with Gasteiger partial charge in [-0.1, -0.05) is 303 Å². The van der Waals surface area contributed by atoms with Crippen molar-refractivity contribution >= 4 is 109 Å². The van der Waals surface area contributed by atoms with Crippen molar-refractivity contribution in [2.45, 2.75) is 0 Å². The fraction of sp³-hybridized carbons (Fsp3) is 0. The highest BCUT2D eigenvalue weighted by Crippen LogP contribution is 2.50. The smallest absolute Gasteiger partial charge is 0.143 e. The van der Waals surface area contributed by atoms with E-state index in [1.807, 2.05) is 66.7 Å². The molecule has 0 saturated carbocycles. The number of hydrogen-bond donors (Lipinski definition) is 0. The van der Waals surface area contributed by atoms with E-state index >= 15 is 0 Å². The van der Waals surface area contributed by atoms with Crippen LogP contribution in [0.3, 0.4) is 0 Å². The van der Waals surface area contributed by atoms with Crippen LogP contribution in [0.25, 0.3) is 186 Å². The van der Waals surface area contributed by atoms with Crippen LogP contribution in [0.15, 0.2) is 348 Å². The molecular weight excluding hydrogens is 1110 g/mol. The van der Waals surface area contributed by atoms with Gasteiger partial charge in [-0.3, -0.25) is 0 Å². The Bertz CT molecular complexity index is 6300. The van der Waals surface area contributed by atoms with E-state index in [0.717, 1.165) is 110 Å². The van der Waals surface area contributed by atoms with Crippen LogP contribution >= 0.6 is 0 Å². The summed E-state index contributed by atoms with van der Waals surface area (Å²) in [6.07, 6.45) is 0. The molecule has 428 valence electrons. The van der Waals surface area contributed by atoms with E-state index in [2.05, 4.69) is 243 Å². The first-order valence-electron chi connectivity index (χ1n) is 33.7.